The number of hydrogen-bond donors (Lipinski definition) is 1. The van der Waals surface area contributed by atoms with Gasteiger partial charge in [-0.2, -0.15) is 5.26 Å². The first-order valence-electron chi connectivity index (χ1n) is 11.8. The molecule has 0 heterocycles. The van der Waals surface area contributed by atoms with Crippen LogP contribution in [0.25, 0.3) is 6.08 Å². The molecule has 1 N–H and O–H groups in total. The first kappa shape index (κ1) is 26.5. The largest absolute Gasteiger partial charge is 0.493 e. The Balaban J connectivity index is 1.48. The maximum atomic E-state index is 12.7. The highest BCUT2D eigenvalue weighted by atomic mass is 79.9. The summed E-state index contributed by atoms with van der Waals surface area (Å²) in [5.74, 6) is 1.26. The number of hydrogen-bond acceptors (Lipinski definition) is 5. The predicted octanol–water partition coefficient (Wildman–Crippen LogP) is 7.16. The molecule has 0 fully saturated rings. The number of benzene rings is 4. The number of nitrogens with zero attached hydrogens (tertiary/aromatic N) is 1. The predicted molar refractivity (Wildman–Crippen MR) is 151 cm³/mol. The summed E-state index contributed by atoms with van der Waals surface area (Å²) >= 11 is 3.45. The summed E-state index contributed by atoms with van der Waals surface area (Å²) < 4.78 is 18.3. The molecule has 7 heteroatoms. The van der Waals surface area contributed by atoms with Gasteiger partial charge < -0.3 is 19.5 Å². The maximum Gasteiger partial charge on any atom is 0.266 e. The lowest BCUT2D eigenvalue weighted by Gasteiger charge is -2.14. The van der Waals surface area contributed by atoms with E-state index < -0.39 is 5.91 Å². The smallest absolute Gasteiger partial charge is 0.266 e. The molecule has 0 saturated heterocycles. The Morgan fingerprint density at radius 3 is 2.21 bits per heavy atom. The zero-order valence-electron chi connectivity index (χ0n) is 20.7. The molecule has 0 bridgehead atoms. The van der Waals surface area contributed by atoms with E-state index in [1.807, 2.05) is 78.9 Å². The standard InChI is InChI=1S/C31H25BrN2O4/c1-36-30-16-23(12-14-29(30)38-20-22-8-4-2-5-9-22)21-37-28-15-13-26(32)18-24(28)17-25(19-33)31(35)34-27-10-6-3-7-11-27/h2-18H,20-21H2,1H3,(H,34,35)/b25-17+. The molecule has 0 spiro atoms. The molecule has 0 saturated carbocycles. The van der Waals surface area contributed by atoms with E-state index >= 15 is 0 Å². The average molecular weight is 569 g/mol. The molecular weight excluding hydrogens is 544 g/mol. The van der Waals surface area contributed by atoms with Gasteiger partial charge in [0, 0.05) is 15.7 Å². The third kappa shape index (κ3) is 7.25. The lowest BCUT2D eigenvalue weighted by Crippen LogP contribution is -2.13. The normalized spacial score (nSPS) is 10.8. The second-order valence-corrected chi connectivity index (χ2v) is 9.14. The van der Waals surface area contributed by atoms with Crippen LogP contribution in [0.4, 0.5) is 5.69 Å². The van der Waals surface area contributed by atoms with Crippen molar-refractivity contribution in [2.75, 3.05) is 12.4 Å². The lowest BCUT2D eigenvalue weighted by atomic mass is 10.1. The van der Waals surface area contributed by atoms with Crippen LogP contribution in [0.15, 0.2) is 107 Å². The maximum absolute atomic E-state index is 12.7. The topological polar surface area (TPSA) is 80.6 Å². The van der Waals surface area contributed by atoms with E-state index in [9.17, 15) is 10.1 Å². The van der Waals surface area contributed by atoms with Crippen LogP contribution in [0.1, 0.15) is 16.7 Å². The van der Waals surface area contributed by atoms with Crippen molar-refractivity contribution in [3.63, 3.8) is 0 Å². The molecule has 1 amide bonds. The van der Waals surface area contributed by atoms with Gasteiger partial charge in [0.2, 0.25) is 0 Å². The zero-order chi connectivity index (χ0) is 26.7. The molecule has 4 rings (SSSR count). The number of nitriles is 1. The molecule has 6 nitrogen and oxygen atoms in total. The molecule has 0 aliphatic carbocycles. The van der Waals surface area contributed by atoms with Crippen LogP contribution in [0.3, 0.4) is 0 Å². The average Bonchev–Trinajstić information content (AvgIpc) is 2.95. The zero-order valence-corrected chi connectivity index (χ0v) is 22.3. The van der Waals surface area contributed by atoms with E-state index in [1.165, 1.54) is 6.08 Å². The van der Waals surface area contributed by atoms with Crippen LogP contribution in [0.5, 0.6) is 17.2 Å². The number of amides is 1. The van der Waals surface area contributed by atoms with Crippen molar-refractivity contribution in [2.24, 2.45) is 0 Å². The van der Waals surface area contributed by atoms with E-state index in [0.717, 1.165) is 15.6 Å². The Morgan fingerprint density at radius 2 is 1.50 bits per heavy atom. The molecule has 0 atom stereocenters. The minimum atomic E-state index is -0.500. The van der Waals surface area contributed by atoms with Crippen LogP contribution >= 0.6 is 15.9 Å². The number of anilines is 1. The van der Waals surface area contributed by atoms with Gasteiger partial charge >= 0.3 is 0 Å². The number of ether oxygens (including phenoxy) is 3. The monoisotopic (exact) mass is 568 g/mol. The number of carbonyl (C=O) groups is 1. The summed E-state index contributed by atoms with van der Waals surface area (Å²) in [7, 11) is 1.59. The van der Waals surface area contributed by atoms with Crippen molar-refractivity contribution in [1.29, 1.82) is 5.26 Å². The summed E-state index contributed by atoms with van der Waals surface area (Å²) in [6.45, 7) is 0.677. The minimum absolute atomic E-state index is 0.0432. The number of carbonyl (C=O) groups excluding carboxylic acids is 1. The van der Waals surface area contributed by atoms with Gasteiger partial charge in [0.1, 0.15) is 30.6 Å². The van der Waals surface area contributed by atoms with Gasteiger partial charge in [-0.15, -0.1) is 0 Å². The molecule has 4 aromatic rings. The molecule has 0 aromatic heterocycles. The molecule has 0 unspecified atom stereocenters. The quantitative estimate of drug-likeness (QED) is 0.162. The highest BCUT2D eigenvalue weighted by molar-refractivity contribution is 9.10. The fraction of sp³-hybridized carbons (Fsp3) is 0.0968. The summed E-state index contributed by atoms with van der Waals surface area (Å²) in [6.07, 6.45) is 1.51. The van der Waals surface area contributed by atoms with Crippen molar-refractivity contribution in [3.05, 3.63) is 124 Å². The third-order valence-electron chi connectivity index (χ3n) is 5.53. The molecule has 0 radical (unpaired) electrons. The summed E-state index contributed by atoms with van der Waals surface area (Å²) in [6, 6.07) is 31.9. The van der Waals surface area contributed by atoms with Gasteiger partial charge in [0.05, 0.1) is 7.11 Å². The van der Waals surface area contributed by atoms with E-state index in [-0.39, 0.29) is 12.2 Å². The number of halogens is 1. The molecule has 0 aliphatic heterocycles. The fourth-order valence-electron chi connectivity index (χ4n) is 3.61. The molecule has 0 aliphatic rings. The van der Waals surface area contributed by atoms with Crippen molar-refractivity contribution >= 4 is 33.6 Å². The molecule has 38 heavy (non-hydrogen) atoms. The number of nitrogens with one attached hydrogen (secondary N) is 1. The Morgan fingerprint density at radius 1 is 0.842 bits per heavy atom. The van der Waals surface area contributed by atoms with Crippen molar-refractivity contribution in [2.45, 2.75) is 13.2 Å². The van der Waals surface area contributed by atoms with Crippen molar-refractivity contribution < 1.29 is 19.0 Å². The summed E-state index contributed by atoms with van der Waals surface area (Å²) in [4.78, 5) is 12.7. The summed E-state index contributed by atoms with van der Waals surface area (Å²) in [5, 5.41) is 12.4. The van der Waals surface area contributed by atoms with Gasteiger partial charge in [-0.1, -0.05) is 70.5 Å². The second-order valence-electron chi connectivity index (χ2n) is 8.22. The molecule has 190 valence electrons. The van der Waals surface area contributed by atoms with Crippen LogP contribution in [0, 0.1) is 11.3 Å². The Kier molecular flexibility index (Phi) is 9.17. The number of para-hydroxylation sites is 1. The van der Waals surface area contributed by atoms with Crippen LogP contribution in [-0.2, 0) is 18.0 Å². The van der Waals surface area contributed by atoms with E-state index in [4.69, 9.17) is 14.2 Å². The fourth-order valence-corrected chi connectivity index (χ4v) is 3.98. The number of methoxy groups -OCH3 is 1. The van der Waals surface area contributed by atoms with Gasteiger partial charge in [0.25, 0.3) is 5.91 Å². The SMILES string of the molecule is COc1cc(COc2ccc(Br)cc2/C=C(\C#N)C(=O)Nc2ccccc2)ccc1OCc1ccccc1. The minimum Gasteiger partial charge on any atom is -0.493 e. The van der Waals surface area contributed by atoms with Gasteiger partial charge in [-0.25, -0.2) is 0 Å². The Hall–Kier alpha value is -4.54. The highest BCUT2D eigenvalue weighted by Gasteiger charge is 2.13. The Bertz CT molecular complexity index is 1460. The van der Waals surface area contributed by atoms with E-state index in [1.54, 1.807) is 31.4 Å². The van der Waals surface area contributed by atoms with Gasteiger partial charge in [-0.3, -0.25) is 4.79 Å². The van der Waals surface area contributed by atoms with E-state index in [2.05, 4.69) is 21.2 Å². The lowest BCUT2D eigenvalue weighted by molar-refractivity contribution is -0.112. The second kappa shape index (κ2) is 13.1. The van der Waals surface area contributed by atoms with Crippen LogP contribution in [0.2, 0.25) is 0 Å². The molecule has 4 aromatic carbocycles. The van der Waals surface area contributed by atoms with Gasteiger partial charge in [0.15, 0.2) is 11.5 Å². The van der Waals surface area contributed by atoms with Crippen molar-refractivity contribution in [3.8, 4) is 23.3 Å². The van der Waals surface area contributed by atoms with Crippen LogP contribution in [-0.4, -0.2) is 13.0 Å². The van der Waals surface area contributed by atoms with Crippen LogP contribution < -0.4 is 19.5 Å². The van der Waals surface area contributed by atoms with Gasteiger partial charge in [-0.05, 0) is 59.7 Å². The first-order chi connectivity index (χ1) is 18.6. The van der Waals surface area contributed by atoms with E-state index in [0.29, 0.717) is 35.1 Å². The van der Waals surface area contributed by atoms with Crippen molar-refractivity contribution in [1.82, 2.24) is 0 Å². The number of rotatable bonds is 10. The highest BCUT2D eigenvalue weighted by Crippen LogP contribution is 2.31. The Labute approximate surface area is 230 Å². The summed E-state index contributed by atoms with van der Waals surface area (Å²) in [5.41, 5.74) is 3.09. The first-order valence-corrected chi connectivity index (χ1v) is 12.6. The third-order valence-corrected chi connectivity index (χ3v) is 6.02. The molecular formula is C31H25BrN2O4.